The summed E-state index contributed by atoms with van der Waals surface area (Å²) in [6, 6.07) is 14.2. The summed E-state index contributed by atoms with van der Waals surface area (Å²) < 4.78 is 18.4. The first-order valence-corrected chi connectivity index (χ1v) is 5.63. The Morgan fingerprint density at radius 2 is 1.84 bits per heavy atom. The first-order chi connectivity index (χ1) is 9.20. The maximum absolute atomic E-state index is 13.4. The van der Waals surface area contributed by atoms with Gasteiger partial charge in [-0.3, -0.25) is 0 Å². The lowest BCUT2D eigenvalue weighted by Crippen LogP contribution is -2.10. The number of nitrogens with zero attached hydrogens (tertiary/aromatic N) is 1. The summed E-state index contributed by atoms with van der Waals surface area (Å²) in [5, 5.41) is 8.54. The van der Waals surface area contributed by atoms with E-state index < -0.39 is 11.8 Å². The van der Waals surface area contributed by atoms with Crippen molar-refractivity contribution in [2.45, 2.75) is 6.42 Å². The fraction of sp³-hybridized carbons (Fsp3) is 0.0667. The minimum Gasteiger partial charge on any atom is -0.423 e. The Morgan fingerprint density at radius 1 is 1.16 bits per heavy atom. The highest BCUT2D eigenvalue weighted by molar-refractivity contribution is 5.91. The number of halogens is 1. The number of rotatable bonds is 3. The van der Waals surface area contributed by atoms with Gasteiger partial charge in [0.25, 0.3) is 0 Å². The molecule has 0 amide bonds. The zero-order valence-electron chi connectivity index (χ0n) is 9.97. The van der Waals surface area contributed by atoms with Gasteiger partial charge in [-0.1, -0.05) is 24.3 Å². The fourth-order valence-corrected chi connectivity index (χ4v) is 1.56. The first-order valence-electron chi connectivity index (χ1n) is 5.63. The Labute approximate surface area is 109 Å². The average molecular weight is 255 g/mol. The normalized spacial score (nSPS) is 9.68. The van der Waals surface area contributed by atoms with E-state index in [1.165, 1.54) is 18.2 Å². The molecule has 0 aliphatic heterocycles. The topological polar surface area (TPSA) is 50.1 Å². The molecule has 0 unspecified atom stereocenters. The van der Waals surface area contributed by atoms with Crippen molar-refractivity contribution in [3.63, 3.8) is 0 Å². The van der Waals surface area contributed by atoms with Crippen LogP contribution >= 0.6 is 0 Å². The van der Waals surface area contributed by atoms with Crippen molar-refractivity contribution in [1.82, 2.24) is 0 Å². The molecule has 2 aromatic rings. The minimum absolute atomic E-state index is 0.108. The van der Waals surface area contributed by atoms with Crippen LogP contribution in [0.4, 0.5) is 4.39 Å². The van der Waals surface area contributed by atoms with Crippen molar-refractivity contribution >= 4 is 5.97 Å². The molecular formula is C15H10FNO2. The lowest BCUT2D eigenvalue weighted by molar-refractivity contribution is 0.0730. The van der Waals surface area contributed by atoms with Gasteiger partial charge < -0.3 is 4.74 Å². The summed E-state index contributed by atoms with van der Waals surface area (Å²) in [5.41, 5.74) is 0.719. The molecule has 2 aromatic carbocycles. The third-order valence-electron chi connectivity index (χ3n) is 2.51. The number of hydrogen-bond acceptors (Lipinski definition) is 3. The van der Waals surface area contributed by atoms with Crippen LogP contribution in [0.5, 0.6) is 5.75 Å². The Balaban J connectivity index is 2.11. The van der Waals surface area contributed by atoms with E-state index >= 15 is 0 Å². The number of carbonyl (C=O) groups is 1. The molecule has 4 heteroatoms. The second kappa shape index (κ2) is 5.78. The van der Waals surface area contributed by atoms with Crippen molar-refractivity contribution in [3.8, 4) is 11.8 Å². The zero-order chi connectivity index (χ0) is 13.7. The molecule has 94 valence electrons. The van der Waals surface area contributed by atoms with Gasteiger partial charge in [0.05, 0.1) is 18.1 Å². The van der Waals surface area contributed by atoms with Crippen molar-refractivity contribution in [1.29, 1.82) is 5.26 Å². The summed E-state index contributed by atoms with van der Waals surface area (Å²) in [7, 11) is 0. The van der Waals surface area contributed by atoms with Crippen molar-refractivity contribution in [3.05, 3.63) is 65.5 Å². The van der Waals surface area contributed by atoms with E-state index in [1.54, 1.807) is 30.3 Å². The van der Waals surface area contributed by atoms with Crippen LogP contribution in [0.2, 0.25) is 0 Å². The van der Waals surface area contributed by atoms with Gasteiger partial charge in [0.15, 0.2) is 0 Å². The summed E-state index contributed by atoms with van der Waals surface area (Å²) >= 11 is 0. The maximum Gasteiger partial charge on any atom is 0.346 e. The van der Waals surface area contributed by atoms with Crippen LogP contribution in [0.25, 0.3) is 0 Å². The lowest BCUT2D eigenvalue weighted by atomic mass is 10.1. The zero-order valence-corrected chi connectivity index (χ0v) is 9.97. The van der Waals surface area contributed by atoms with Crippen LogP contribution in [0, 0.1) is 17.1 Å². The number of benzene rings is 2. The SMILES string of the molecule is N#CCc1ccc(OC(=O)c2ccccc2F)cc1. The van der Waals surface area contributed by atoms with Crippen LogP contribution in [-0.4, -0.2) is 5.97 Å². The van der Waals surface area contributed by atoms with Gasteiger partial charge in [0, 0.05) is 0 Å². The van der Waals surface area contributed by atoms with E-state index in [0.29, 0.717) is 12.2 Å². The second-order valence-electron chi connectivity index (χ2n) is 3.85. The number of esters is 1. The molecule has 0 saturated heterocycles. The minimum atomic E-state index is -0.744. The first kappa shape index (κ1) is 12.8. The van der Waals surface area contributed by atoms with E-state index in [0.717, 1.165) is 5.56 Å². The van der Waals surface area contributed by atoms with Gasteiger partial charge in [0.1, 0.15) is 11.6 Å². The summed E-state index contributed by atoms with van der Waals surface area (Å²) in [4.78, 5) is 11.7. The molecule has 0 spiro atoms. The van der Waals surface area contributed by atoms with E-state index in [1.807, 2.05) is 6.07 Å². The number of nitriles is 1. The summed E-state index contributed by atoms with van der Waals surface area (Å²) in [6.07, 6.45) is 0.293. The smallest absolute Gasteiger partial charge is 0.346 e. The fourth-order valence-electron chi connectivity index (χ4n) is 1.56. The van der Waals surface area contributed by atoms with Crippen molar-refractivity contribution in [2.24, 2.45) is 0 Å². The van der Waals surface area contributed by atoms with E-state index in [-0.39, 0.29) is 5.56 Å². The molecule has 2 rings (SSSR count). The average Bonchev–Trinajstić information content (AvgIpc) is 2.42. The molecule has 0 atom stereocenters. The van der Waals surface area contributed by atoms with Gasteiger partial charge in [-0.05, 0) is 29.8 Å². The van der Waals surface area contributed by atoms with Gasteiger partial charge >= 0.3 is 5.97 Å². The van der Waals surface area contributed by atoms with Crippen molar-refractivity contribution < 1.29 is 13.9 Å². The molecule has 19 heavy (non-hydrogen) atoms. The number of hydrogen-bond donors (Lipinski definition) is 0. The summed E-state index contributed by atoms with van der Waals surface area (Å²) in [6.45, 7) is 0. The van der Waals surface area contributed by atoms with Crippen molar-refractivity contribution in [2.75, 3.05) is 0 Å². The number of carbonyl (C=O) groups excluding carboxylic acids is 1. The van der Waals surface area contributed by atoms with Crippen LogP contribution in [0.1, 0.15) is 15.9 Å². The molecule has 0 fully saturated rings. The summed E-state index contributed by atoms with van der Waals surface area (Å²) in [5.74, 6) is -1.05. The lowest BCUT2D eigenvalue weighted by Gasteiger charge is -2.05. The molecule has 0 aliphatic carbocycles. The van der Waals surface area contributed by atoms with Crippen LogP contribution in [0.3, 0.4) is 0 Å². The molecule has 0 aliphatic rings. The van der Waals surface area contributed by atoms with E-state index in [9.17, 15) is 9.18 Å². The standard InChI is InChI=1S/C15H10FNO2/c16-14-4-2-1-3-13(14)15(18)19-12-7-5-11(6-8-12)9-10-17/h1-8H,9H2. The van der Waals surface area contributed by atoms with Crippen LogP contribution in [0.15, 0.2) is 48.5 Å². The Morgan fingerprint density at radius 3 is 2.47 bits per heavy atom. The van der Waals surface area contributed by atoms with E-state index in [4.69, 9.17) is 10.00 Å². The molecule has 0 aromatic heterocycles. The van der Waals surface area contributed by atoms with Gasteiger partial charge in [-0.2, -0.15) is 5.26 Å². The molecular weight excluding hydrogens is 245 g/mol. The Hall–Kier alpha value is -2.67. The van der Waals surface area contributed by atoms with Crippen LogP contribution < -0.4 is 4.74 Å². The maximum atomic E-state index is 13.4. The quantitative estimate of drug-likeness (QED) is 0.625. The molecule has 3 nitrogen and oxygen atoms in total. The van der Waals surface area contributed by atoms with E-state index in [2.05, 4.69) is 0 Å². The molecule has 0 heterocycles. The monoisotopic (exact) mass is 255 g/mol. The highest BCUT2D eigenvalue weighted by Gasteiger charge is 2.12. The highest BCUT2D eigenvalue weighted by atomic mass is 19.1. The molecule has 0 N–H and O–H groups in total. The molecule has 0 saturated carbocycles. The molecule has 0 radical (unpaired) electrons. The van der Waals surface area contributed by atoms with Gasteiger partial charge in [-0.15, -0.1) is 0 Å². The van der Waals surface area contributed by atoms with Gasteiger partial charge in [-0.25, -0.2) is 9.18 Å². The Kier molecular flexibility index (Phi) is 3.89. The predicted octanol–water partition coefficient (Wildman–Crippen LogP) is 3.11. The molecule has 0 bridgehead atoms. The highest BCUT2D eigenvalue weighted by Crippen LogP contribution is 2.15. The number of ether oxygens (including phenoxy) is 1. The van der Waals surface area contributed by atoms with Gasteiger partial charge in [0.2, 0.25) is 0 Å². The Bertz CT molecular complexity index is 629. The van der Waals surface area contributed by atoms with Crippen LogP contribution in [-0.2, 0) is 6.42 Å². The predicted molar refractivity (Wildman–Crippen MR) is 67.1 cm³/mol. The largest absolute Gasteiger partial charge is 0.423 e. The third-order valence-corrected chi connectivity index (χ3v) is 2.51. The second-order valence-corrected chi connectivity index (χ2v) is 3.85. The third kappa shape index (κ3) is 3.17.